The predicted molar refractivity (Wildman–Crippen MR) is 141 cm³/mol. The third kappa shape index (κ3) is 7.19. The molecule has 0 saturated heterocycles. The van der Waals surface area contributed by atoms with Gasteiger partial charge in [-0.1, -0.05) is 48.5 Å². The summed E-state index contributed by atoms with van der Waals surface area (Å²) in [5.41, 5.74) is 2.63. The minimum atomic E-state index is -0.572. The van der Waals surface area contributed by atoms with Crippen LogP contribution in [0, 0.1) is 11.3 Å². The smallest absolute Gasteiger partial charge is 0.349 e. The van der Waals surface area contributed by atoms with Gasteiger partial charge in [-0.3, -0.25) is 4.79 Å². The fourth-order valence-corrected chi connectivity index (χ4v) is 3.84. The SMILES string of the molecule is N#C/C(=C\c1ccc(OC(=O)COc2ccc(-c3ccccc3)cc2Br)cc1)C(=O)NCc1ccco1. The van der Waals surface area contributed by atoms with E-state index in [0.717, 1.165) is 15.6 Å². The highest BCUT2D eigenvalue weighted by atomic mass is 79.9. The van der Waals surface area contributed by atoms with Gasteiger partial charge in [-0.15, -0.1) is 0 Å². The number of hydrogen-bond acceptors (Lipinski definition) is 6. The quantitative estimate of drug-likeness (QED) is 0.119. The molecule has 0 aliphatic heterocycles. The van der Waals surface area contributed by atoms with Crippen LogP contribution in [0.2, 0.25) is 0 Å². The lowest BCUT2D eigenvalue weighted by atomic mass is 10.1. The second-order valence-electron chi connectivity index (χ2n) is 7.77. The lowest BCUT2D eigenvalue weighted by Gasteiger charge is -2.10. The number of carbonyl (C=O) groups excluding carboxylic acids is 2. The van der Waals surface area contributed by atoms with E-state index >= 15 is 0 Å². The van der Waals surface area contributed by atoms with Gasteiger partial charge in [-0.05, 0) is 75.1 Å². The maximum Gasteiger partial charge on any atom is 0.349 e. The minimum absolute atomic E-state index is 0.0615. The summed E-state index contributed by atoms with van der Waals surface area (Å²) in [5.74, 6) is 0.320. The van der Waals surface area contributed by atoms with Crippen molar-refractivity contribution in [1.82, 2.24) is 5.32 Å². The van der Waals surface area contributed by atoms with Gasteiger partial charge >= 0.3 is 5.97 Å². The van der Waals surface area contributed by atoms with Gasteiger partial charge in [0.05, 0.1) is 17.3 Å². The second-order valence-corrected chi connectivity index (χ2v) is 8.63. The van der Waals surface area contributed by atoms with E-state index in [-0.39, 0.29) is 18.7 Å². The van der Waals surface area contributed by atoms with Crippen molar-refractivity contribution in [3.63, 3.8) is 0 Å². The average molecular weight is 557 g/mol. The van der Waals surface area contributed by atoms with Gasteiger partial charge in [0.25, 0.3) is 5.91 Å². The van der Waals surface area contributed by atoms with Crippen molar-refractivity contribution in [2.24, 2.45) is 0 Å². The van der Waals surface area contributed by atoms with Crippen LogP contribution in [0.4, 0.5) is 0 Å². The summed E-state index contributed by atoms with van der Waals surface area (Å²) in [5, 5.41) is 12.0. The highest BCUT2D eigenvalue weighted by Crippen LogP contribution is 2.30. The number of amides is 1. The molecule has 0 fully saturated rings. The molecule has 1 aromatic heterocycles. The minimum Gasteiger partial charge on any atom is -0.481 e. The zero-order valence-electron chi connectivity index (χ0n) is 19.5. The highest BCUT2D eigenvalue weighted by Gasteiger charge is 2.11. The molecule has 0 saturated carbocycles. The molecule has 0 aliphatic rings. The van der Waals surface area contributed by atoms with Crippen molar-refractivity contribution in [2.45, 2.75) is 6.54 Å². The number of benzene rings is 3. The van der Waals surface area contributed by atoms with Crippen molar-refractivity contribution in [3.05, 3.63) is 113 Å². The largest absolute Gasteiger partial charge is 0.481 e. The molecule has 0 aliphatic carbocycles. The van der Waals surface area contributed by atoms with Gasteiger partial charge in [-0.2, -0.15) is 5.26 Å². The van der Waals surface area contributed by atoms with Gasteiger partial charge in [0.15, 0.2) is 6.61 Å². The van der Waals surface area contributed by atoms with Gasteiger partial charge in [0.2, 0.25) is 0 Å². The molecule has 37 heavy (non-hydrogen) atoms. The maximum atomic E-state index is 12.3. The molecule has 1 N–H and O–H groups in total. The summed E-state index contributed by atoms with van der Waals surface area (Å²) in [6.45, 7) is -0.102. The Bertz CT molecular complexity index is 1440. The topological polar surface area (TPSA) is 102 Å². The van der Waals surface area contributed by atoms with Crippen LogP contribution in [0.3, 0.4) is 0 Å². The number of esters is 1. The molecule has 4 rings (SSSR count). The monoisotopic (exact) mass is 556 g/mol. The van der Waals surface area contributed by atoms with Crippen LogP contribution in [0.15, 0.2) is 106 Å². The predicted octanol–water partition coefficient (Wildman–Crippen LogP) is 5.92. The molecule has 184 valence electrons. The number of nitriles is 1. The van der Waals surface area contributed by atoms with Crippen LogP contribution < -0.4 is 14.8 Å². The van der Waals surface area contributed by atoms with Crippen molar-refractivity contribution in [3.8, 4) is 28.7 Å². The zero-order chi connectivity index (χ0) is 26.0. The van der Waals surface area contributed by atoms with E-state index in [0.29, 0.717) is 22.8 Å². The number of furan rings is 1. The Morgan fingerprint density at radius 1 is 0.973 bits per heavy atom. The Morgan fingerprint density at radius 3 is 2.43 bits per heavy atom. The molecule has 0 bridgehead atoms. The second kappa shape index (κ2) is 12.4. The van der Waals surface area contributed by atoms with Gasteiger partial charge in [0.1, 0.15) is 28.9 Å². The Hall–Kier alpha value is -4.61. The average Bonchev–Trinajstić information content (AvgIpc) is 3.45. The molecular formula is C29H21BrN2O5. The molecule has 7 nitrogen and oxygen atoms in total. The fraction of sp³-hybridized carbons (Fsp3) is 0.0690. The van der Waals surface area contributed by atoms with E-state index in [4.69, 9.17) is 13.9 Å². The van der Waals surface area contributed by atoms with Crippen molar-refractivity contribution >= 4 is 33.9 Å². The maximum absolute atomic E-state index is 12.3. The van der Waals surface area contributed by atoms with Crippen LogP contribution in [-0.2, 0) is 16.1 Å². The Morgan fingerprint density at radius 2 is 1.76 bits per heavy atom. The van der Waals surface area contributed by atoms with Crippen molar-refractivity contribution < 1.29 is 23.5 Å². The normalized spacial score (nSPS) is 10.9. The van der Waals surface area contributed by atoms with E-state index in [1.807, 2.05) is 48.5 Å². The van der Waals surface area contributed by atoms with Crippen LogP contribution >= 0.6 is 15.9 Å². The molecule has 0 spiro atoms. The number of rotatable bonds is 9. The summed E-state index contributed by atoms with van der Waals surface area (Å²) in [6, 6.07) is 27.3. The Balaban J connectivity index is 1.30. The van der Waals surface area contributed by atoms with Gasteiger partial charge < -0.3 is 19.2 Å². The molecule has 1 amide bonds. The van der Waals surface area contributed by atoms with Crippen molar-refractivity contribution in [2.75, 3.05) is 6.61 Å². The molecule has 3 aromatic carbocycles. The third-order valence-corrected chi connectivity index (χ3v) is 5.80. The fourth-order valence-electron chi connectivity index (χ4n) is 3.35. The van der Waals surface area contributed by atoms with Crippen molar-refractivity contribution in [1.29, 1.82) is 5.26 Å². The summed E-state index contributed by atoms with van der Waals surface area (Å²) < 4.78 is 16.8. The zero-order valence-corrected chi connectivity index (χ0v) is 21.1. The first kappa shape index (κ1) is 25.5. The van der Waals surface area contributed by atoms with E-state index < -0.39 is 11.9 Å². The van der Waals surface area contributed by atoms with E-state index in [1.165, 1.54) is 12.3 Å². The molecular weight excluding hydrogens is 536 g/mol. The summed E-state index contributed by atoms with van der Waals surface area (Å²) >= 11 is 3.49. The van der Waals surface area contributed by atoms with E-state index in [9.17, 15) is 14.9 Å². The third-order valence-electron chi connectivity index (χ3n) is 5.18. The van der Waals surface area contributed by atoms with Gasteiger partial charge in [0, 0.05) is 0 Å². The number of nitrogens with one attached hydrogen (secondary N) is 1. The summed E-state index contributed by atoms with van der Waals surface area (Å²) in [6.07, 6.45) is 2.95. The van der Waals surface area contributed by atoms with E-state index in [1.54, 1.807) is 42.5 Å². The first-order chi connectivity index (χ1) is 18.0. The van der Waals surface area contributed by atoms with Crippen LogP contribution in [-0.4, -0.2) is 18.5 Å². The Labute approximate surface area is 222 Å². The molecule has 0 atom stereocenters. The van der Waals surface area contributed by atoms with Crippen LogP contribution in [0.1, 0.15) is 11.3 Å². The summed E-state index contributed by atoms with van der Waals surface area (Å²) in [4.78, 5) is 24.5. The molecule has 8 heteroatoms. The standard InChI is InChI=1S/C29H21BrN2O5/c30-26-16-22(21-5-2-1-3-6-21)10-13-27(26)36-19-28(33)37-24-11-8-20(9-12-24)15-23(17-31)29(34)32-18-25-7-4-14-35-25/h1-16H,18-19H2,(H,32,34)/b23-15+. The molecule has 0 unspecified atom stereocenters. The number of carbonyl (C=O) groups is 2. The highest BCUT2D eigenvalue weighted by molar-refractivity contribution is 9.10. The Kier molecular flexibility index (Phi) is 8.53. The number of halogens is 1. The lowest BCUT2D eigenvalue weighted by molar-refractivity contribution is -0.136. The first-order valence-corrected chi connectivity index (χ1v) is 12.0. The molecule has 0 radical (unpaired) electrons. The van der Waals surface area contributed by atoms with Crippen LogP contribution in [0.5, 0.6) is 11.5 Å². The van der Waals surface area contributed by atoms with E-state index in [2.05, 4.69) is 21.2 Å². The summed E-state index contributed by atoms with van der Waals surface area (Å²) in [7, 11) is 0. The van der Waals surface area contributed by atoms with Gasteiger partial charge in [-0.25, -0.2) is 4.79 Å². The number of ether oxygens (including phenoxy) is 2. The molecule has 4 aromatic rings. The molecule has 1 heterocycles. The first-order valence-electron chi connectivity index (χ1n) is 11.2. The van der Waals surface area contributed by atoms with Crippen LogP contribution in [0.25, 0.3) is 17.2 Å². The number of hydrogen-bond donors (Lipinski definition) is 1. The lowest BCUT2D eigenvalue weighted by Crippen LogP contribution is -2.23. The number of nitrogens with zero attached hydrogens (tertiary/aromatic N) is 1.